The van der Waals surface area contributed by atoms with Crippen molar-refractivity contribution in [2.24, 2.45) is 11.0 Å². The maximum absolute atomic E-state index is 12.6. The molecule has 2 aliphatic heterocycles. The van der Waals surface area contributed by atoms with Crippen LogP contribution in [0, 0.1) is 5.92 Å². The molecule has 2 aliphatic rings. The summed E-state index contributed by atoms with van der Waals surface area (Å²) < 4.78 is 0. The van der Waals surface area contributed by atoms with Crippen molar-refractivity contribution in [2.75, 3.05) is 11.9 Å². The number of aldehydes is 1. The van der Waals surface area contributed by atoms with Gasteiger partial charge < -0.3 is 15.0 Å². The van der Waals surface area contributed by atoms with Crippen LogP contribution in [-0.2, 0) is 22.7 Å². The van der Waals surface area contributed by atoms with Crippen molar-refractivity contribution >= 4 is 29.6 Å². The van der Waals surface area contributed by atoms with Crippen LogP contribution in [0.2, 0.25) is 0 Å². The van der Waals surface area contributed by atoms with E-state index >= 15 is 0 Å². The molecule has 3 heterocycles. The molecule has 8 heteroatoms. The van der Waals surface area contributed by atoms with Crippen molar-refractivity contribution in [3.8, 4) is 0 Å². The van der Waals surface area contributed by atoms with Gasteiger partial charge in [-0.25, -0.2) is 9.80 Å². The van der Waals surface area contributed by atoms with Crippen LogP contribution < -0.4 is 5.32 Å². The summed E-state index contributed by atoms with van der Waals surface area (Å²) in [5.41, 5.74) is 4.58. The van der Waals surface area contributed by atoms with Gasteiger partial charge in [-0.2, -0.15) is 5.10 Å². The van der Waals surface area contributed by atoms with Crippen molar-refractivity contribution in [2.45, 2.75) is 32.9 Å². The highest BCUT2D eigenvalue weighted by Gasteiger charge is 2.27. The number of hydrogen-bond acceptors (Lipinski definition) is 5. The number of nitrogens with one attached hydrogen (secondary N) is 1. The highest BCUT2D eigenvalue weighted by Crippen LogP contribution is 2.24. The zero-order chi connectivity index (χ0) is 21.1. The van der Waals surface area contributed by atoms with E-state index < -0.39 is 0 Å². The number of urea groups is 1. The second kappa shape index (κ2) is 8.44. The van der Waals surface area contributed by atoms with Crippen molar-refractivity contribution in [3.05, 3.63) is 59.4 Å². The van der Waals surface area contributed by atoms with Gasteiger partial charge in [0.05, 0.1) is 12.3 Å². The summed E-state index contributed by atoms with van der Waals surface area (Å²) in [6.07, 6.45) is 4.94. The molecule has 1 N–H and O–H groups in total. The number of fused-ring (bicyclic) bond motifs is 1. The van der Waals surface area contributed by atoms with Crippen LogP contribution in [0.4, 0.5) is 10.5 Å². The van der Waals surface area contributed by atoms with E-state index in [2.05, 4.69) is 15.4 Å². The Morgan fingerprint density at radius 2 is 1.97 bits per heavy atom. The Labute approximate surface area is 174 Å². The second-order valence-electron chi connectivity index (χ2n) is 7.57. The number of benzene rings is 1. The summed E-state index contributed by atoms with van der Waals surface area (Å²) in [6.45, 7) is 3.37. The van der Waals surface area contributed by atoms with E-state index in [4.69, 9.17) is 0 Å². The first-order chi connectivity index (χ1) is 14.5. The van der Waals surface area contributed by atoms with Crippen LogP contribution in [0.1, 0.15) is 36.5 Å². The second-order valence-corrected chi connectivity index (χ2v) is 7.57. The summed E-state index contributed by atoms with van der Waals surface area (Å²) in [5, 5.41) is 8.77. The third-order valence-corrected chi connectivity index (χ3v) is 5.37. The standard InChI is InChI=1S/C22H23N5O3/c1-15-11-20(29)27(9-2-10-28)25-21(15)16-3-5-19(6-4-16)24-22(30)26-13-17-7-8-23-12-18(17)14-26/h3-8,10,12,15H,2,9,11,13-14H2,1H3,(H,24,30). The van der Waals surface area contributed by atoms with Crippen molar-refractivity contribution in [1.82, 2.24) is 14.9 Å². The summed E-state index contributed by atoms with van der Waals surface area (Å²) in [6, 6.07) is 9.22. The molecule has 3 amide bonds. The first-order valence-corrected chi connectivity index (χ1v) is 9.96. The van der Waals surface area contributed by atoms with Gasteiger partial charge in [-0.1, -0.05) is 19.1 Å². The number of carbonyl (C=O) groups excluding carboxylic acids is 3. The molecule has 1 atom stereocenters. The quantitative estimate of drug-likeness (QED) is 0.774. The van der Waals surface area contributed by atoms with Gasteiger partial charge in [-0.3, -0.25) is 9.78 Å². The zero-order valence-electron chi connectivity index (χ0n) is 16.7. The van der Waals surface area contributed by atoms with Gasteiger partial charge in [0, 0.05) is 49.9 Å². The zero-order valence-corrected chi connectivity index (χ0v) is 16.7. The Kier molecular flexibility index (Phi) is 5.56. The number of anilines is 1. The van der Waals surface area contributed by atoms with Crippen molar-refractivity contribution < 1.29 is 14.4 Å². The molecule has 0 saturated carbocycles. The lowest BCUT2D eigenvalue weighted by molar-refractivity contribution is -0.132. The largest absolute Gasteiger partial charge is 0.322 e. The number of pyridine rings is 1. The van der Waals surface area contributed by atoms with Gasteiger partial charge >= 0.3 is 6.03 Å². The Bertz CT molecular complexity index is 977. The van der Waals surface area contributed by atoms with Crippen molar-refractivity contribution in [3.63, 3.8) is 0 Å². The third-order valence-electron chi connectivity index (χ3n) is 5.37. The molecule has 2 aromatic rings. The minimum Gasteiger partial charge on any atom is -0.316 e. The SMILES string of the molecule is CC1CC(=O)N(CCC=O)N=C1c1ccc(NC(=O)N2Cc3ccncc3C2)cc1. The van der Waals surface area contributed by atoms with E-state index in [1.165, 1.54) is 5.01 Å². The van der Waals surface area contributed by atoms with E-state index in [-0.39, 0.29) is 24.3 Å². The van der Waals surface area contributed by atoms with Gasteiger partial charge in [-0.15, -0.1) is 0 Å². The summed E-state index contributed by atoms with van der Waals surface area (Å²) in [5.74, 6) is -0.0825. The molecule has 0 spiro atoms. The number of nitrogens with zero attached hydrogens (tertiary/aromatic N) is 4. The number of rotatable bonds is 5. The van der Waals surface area contributed by atoms with E-state index in [0.29, 0.717) is 31.7 Å². The lowest BCUT2D eigenvalue weighted by Crippen LogP contribution is -2.37. The minimum atomic E-state index is -0.159. The highest BCUT2D eigenvalue weighted by molar-refractivity contribution is 6.06. The molecule has 0 saturated heterocycles. The first kappa shape index (κ1) is 19.8. The fourth-order valence-corrected chi connectivity index (χ4v) is 3.73. The monoisotopic (exact) mass is 405 g/mol. The summed E-state index contributed by atoms with van der Waals surface area (Å²) >= 11 is 0. The fraction of sp³-hybridized carbons (Fsp3) is 0.318. The van der Waals surface area contributed by atoms with Gasteiger partial charge in [-0.05, 0) is 34.9 Å². The third kappa shape index (κ3) is 4.07. The molecule has 0 aliphatic carbocycles. The molecule has 0 bridgehead atoms. The topological polar surface area (TPSA) is 95.0 Å². The normalized spacial score (nSPS) is 18.1. The lowest BCUT2D eigenvalue weighted by Gasteiger charge is -2.27. The molecule has 1 aromatic heterocycles. The Morgan fingerprint density at radius 3 is 2.70 bits per heavy atom. The lowest BCUT2D eigenvalue weighted by atomic mass is 9.93. The van der Waals surface area contributed by atoms with E-state index in [1.54, 1.807) is 17.3 Å². The average Bonchev–Trinajstić information content (AvgIpc) is 3.18. The van der Waals surface area contributed by atoms with E-state index in [0.717, 1.165) is 28.7 Å². The predicted octanol–water partition coefficient (Wildman–Crippen LogP) is 2.79. The molecular weight excluding hydrogens is 382 g/mol. The molecule has 8 nitrogen and oxygen atoms in total. The van der Waals surface area contributed by atoms with Gasteiger partial charge in [0.1, 0.15) is 6.29 Å². The molecule has 1 unspecified atom stereocenters. The fourth-order valence-electron chi connectivity index (χ4n) is 3.73. The smallest absolute Gasteiger partial charge is 0.316 e. The number of amides is 3. The van der Waals surface area contributed by atoms with Crippen LogP contribution in [0.3, 0.4) is 0 Å². The number of carbonyl (C=O) groups is 3. The number of hydrazone groups is 1. The van der Waals surface area contributed by atoms with Gasteiger partial charge in [0.25, 0.3) is 0 Å². The van der Waals surface area contributed by atoms with Crippen molar-refractivity contribution in [1.29, 1.82) is 0 Å². The molecule has 4 rings (SSSR count). The predicted molar refractivity (Wildman–Crippen MR) is 112 cm³/mol. The van der Waals surface area contributed by atoms with Crippen LogP contribution in [-0.4, -0.2) is 45.4 Å². The van der Waals surface area contributed by atoms with Crippen LogP contribution >= 0.6 is 0 Å². The number of aromatic nitrogens is 1. The Balaban J connectivity index is 1.43. The maximum atomic E-state index is 12.6. The highest BCUT2D eigenvalue weighted by atomic mass is 16.2. The van der Waals surface area contributed by atoms with Crippen LogP contribution in [0.5, 0.6) is 0 Å². The summed E-state index contributed by atoms with van der Waals surface area (Å²) in [7, 11) is 0. The molecule has 0 radical (unpaired) electrons. The summed E-state index contributed by atoms with van der Waals surface area (Å²) in [4.78, 5) is 41.2. The first-order valence-electron chi connectivity index (χ1n) is 9.96. The van der Waals surface area contributed by atoms with Gasteiger partial charge in [0.15, 0.2) is 0 Å². The van der Waals surface area contributed by atoms with E-state index in [9.17, 15) is 14.4 Å². The Morgan fingerprint density at radius 1 is 1.20 bits per heavy atom. The molecule has 30 heavy (non-hydrogen) atoms. The Hall–Kier alpha value is -3.55. The number of hydrogen-bond donors (Lipinski definition) is 1. The van der Waals surface area contributed by atoms with Crippen LogP contribution in [0.25, 0.3) is 0 Å². The average molecular weight is 405 g/mol. The minimum absolute atomic E-state index is 0.0119. The van der Waals surface area contributed by atoms with Gasteiger partial charge in [0.2, 0.25) is 5.91 Å². The molecule has 1 aromatic carbocycles. The molecule has 154 valence electrons. The molecule has 0 fully saturated rings. The van der Waals surface area contributed by atoms with Crippen LogP contribution in [0.15, 0.2) is 47.8 Å². The van der Waals surface area contributed by atoms with E-state index in [1.807, 2.05) is 37.3 Å². The molecular formula is C22H23N5O3. The maximum Gasteiger partial charge on any atom is 0.322 e.